The fourth-order valence-electron chi connectivity index (χ4n) is 1.97. The van der Waals surface area contributed by atoms with E-state index >= 15 is 0 Å². The van der Waals surface area contributed by atoms with Crippen molar-refractivity contribution in [1.29, 1.82) is 0 Å². The molecule has 0 spiro atoms. The minimum absolute atomic E-state index is 0.0453. The van der Waals surface area contributed by atoms with Gasteiger partial charge in [0.05, 0.1) is 36.8 Å². The number of carbonyl (C=O) groups excluding carboxylic acids is 1. The van der Waals surface area contributed by atoms with Gasteiger partial charge in [0.1, 0.15) is 0 Å². The van der Waals surface area contributed by atoms with Gasteiger partial charge in [0.2, 0.25) is 10.0 Å². The number of rotatable bonds is 5. The zero-order valence-electron chi connectivity index (χ0n) is 11.4. The van der Waals surface area contributed by atoms with Crippen LogP contribution in [0.1, 0.15) is 10.4 Å². The minimum Gasteiger partial charge on any atom is -0.379 e. The van der Waals surface area contributed by atoms with Crippen molar-refractivity contribution in [2.75, 3.05) is 33.1 Å². The van der Waals surface area contributed by atoms with Crippen LogP contribution in [0.25, 0.3) is 0 Å². The van der Waals surface area contributed by atoms with Crippen molar-refractivity contribution in [3.63, 3.8) is 0 Å². The first-order valence-electron chi connectivity index (χ1n) is 6.18. The summed E-state index contributed by atoms with van der Waals surface area (Å²) in [5.74, 6) is -0.587. The van der Waals surface area contributed by atoms with Crippen LogP contribution in [-0.4, -0.2) is 67.9 Å². The normalized spacial score (nSPS) is 23.1. The summed E-state index contributed by atoms with van der Waals surface area (Å²) < 4.78 is 30.3. The molecule has 0 radical (unpaired) electrons. The second-order valence-corrected chi connectivity index (χ2v) is 7.15. The molecule has 2 atom stereocenters. The molecular weight excluding hydrogens is 284 g/mol. The lowest BCUT2D eigenvalue weighted by atomic mass is 10.1. The lowest BCUT2D eigenvalue weighted by Gasteiger charge is -2.20. The average Bonchev–Trinajstić information content (AvgIpc) is 3.00. The van der Waals surface area contributed by atoms with Crippen molar-refractivity contribution in [2.45, 2.75) is 6.04 Å². The molecule has 112 valence electrons. The van der Waals surface area contributed by atoms with Gasteiger partial charge in [-0.15, -0.1) is 0 Å². The van der Waals surface area contributed by atoms with Gasteiger partial charge in [0, 0.05) is 26.2 Å². The molecule has 1 aromatic rings. The van der Waals surface area contributed by atoms with Crippen molar-refractivity contribution in [2.24, 2.45) is 5.92 Å². The number of aromatic amines is 1. The van der Waals surface area contributed by atoms with E-state index in [0.717, 1.165) is 0 Å². The summed E-state index contributed by atoms with van der Waals surface area (Å²) in [7, 11) is -0.340. The van der Waals surface area contributed by atoms with Crippen molar-refractivity contribution < 1.29 is 17.9 Å². The Bertz CT molecular complexity index is 555. The molecule has 1 saturated heterocycles. The first-order chi connectivity index (χ1) is 9.40. The van der Waals surface area contributed by atoms with Gasteiger partial charge in [-0.2, -0.15) is 5.10 Å². The highest BCUT2D eigenvalue weighted by Gasteiger charge is 2.34. The van der Waals surface area contributed by atoms with E-state index in [1.165, 1.54) is 30.8 Å². The zero-order chi connectivity index (χ0) is 14.8. The Labute approximate surface area is 117 Å². The Balaban J connectivity index is 1.99. The number of amides is 1. The molecule has 1 amide bonds. The van der Waals surface area contributed by atoms with E-state index in [0.29, 0.717) is 18.8 Å². The first kappa shape index (κ1) is 14.9. The summed E-state index contributed by atoms with van der Waals surface area (Å²) in [6, 6.07) is -0.313. The molecule has 2 rings (SSSR count). The van der Waals surface area contributed by atoms with Gasteiger partial charge in [0.25, 0.3) is 5.91 Å². The number of carbonyl (C=O) groups is 1. The van der Waals surface area contributed by atoms with E-state index in [1.54, 1.807) is 0 Å². The average molecular weight is 302 g/mol. The Morgan fingerprint density at radius 2 is 2.30 bits per heavy atom. The molecule has 8 nitrogen and oxygen atoms in total. The standard InChI is InChI=1S/C11H18N4O4S/c1-15(2)20(17,18)7-9-5-19-6-10(9)14-11(16)8-3-12-13-4-8/h3-4,9-10H,5-7H2,1-2H3,(H,12,13)(H,14,16)/t9-,10+/m0/s1. The van der Waals surface area contributed by atoms with Crippen LogP contribution in [0.3, 0.4) is 0 Å². The summed E-state index contributed by atoms with van der Waals surface area (Å²) in [5.41, 5.74) is 0.408. The lowest BCUT2D eigenvalue weighted by molar-refractivity contribution is 0.0926. The van der Waals surface area contributed by atoms with E-state index in [1.807, 2.05) is 0 Å². The Morgan fingerprint density at radius 3 is 2.90 bits per heavy atom. The second kappa shape index (κ2) is 5.90. The summed E-state index contributed by atoms with van der Waals surface area (Å²) in [6.07, 6.45) is 2.90. The van der Waals surface area contributed by atoms with Gasteiger partial charge in [-0.25, -0.2) is 12.7 Å². The van der Waals surface area contributed by atoms with Crippen molar-refractivity contribution in [1.82, 2.24) is 19.8 Å². The predicted molar refractivity (Wildman–Crippen MR) is 71.6 cm³/mol. The molecule has 0 bridgehead atoms. The van der Waals surface area contributed by atoms with E-state index in [-0.39, 0.29) is 23.6 Å². The number of hydrogen-bond donors (Lipinski definition) is 2. The molecule has 2 heterocycles. The molecule has 0 saturated carbocycles. The number of ether oxygens (including phenoxy) is 1. The number of aromatic nitrogens is 2. The van der Waals surface area contributed by atoms with Gasteiger partial charge in [0.15, 0.2) is 0 Å². The van der Waals surface area contributed by atoms with E-state index < -0.39 is 10.0 Å². The predicted octanol–water partition coefficient (Wildman–Crippen LogP) is -0.954. The highest BCUT2D eigenvalue weighted by Crippen LogP contribution is 2.17. The molecule has 9 heteroatoms. The summed E-state index contributed by atoms with van der Waals surface area (Å²) in [6.45, 7) is 0.639. The molecule has 1 aliphatic rings. The van der Waals surface area contributed by atoms with Gasteiger partial charge in [-0.3, -0.25) is 9.89 Å². The van der Waals surface area contributed by atoms with Crippen LogP contribution in [0.15, 0.2) is 12.4 Å². The maximum Gasteiger partial charge on any atom is 0.254 e. The van der Waals surface area contributed by atoms with Crippen molar-refractivity contribution in [3.05, 3.63) is 18.0 Å². The molecule has 1 aliphatic heterocycles. The van der Waals surface area contributed by atoms with Crippen LogP contribution in [-0.2, 0) is 14.8 Å². The quantitative estimate of drug-likeness (QED) is 0.729. The maximum atomic E-state index is 11.9. The number of H-pyrrole nitrogens is 1. The Kier molecular flexibility index (Phi) is 4.41. The monoisotopic (exact) mass is 302 g/mol. The lowest BCUT2D eigenvalue weighted by Crippen LogP contribution is -2.43. The van der Waals surface area contributed by atoms with Crippen molar-refractivity contribution in [3.8, 4) is 0 Å². The van der Waals surface area contributed by atoms with Crippen LogP contribution >= 0.6 is 0 Å². The molecular formula is C11H18N4O4S. The second-order valence-electron chi connectivity index (χ2n) is 4.93. The Hall–Kier alpha value is -1.45. The van der Waals surface area contributed by atoms with Crippen LogP contribution in [0.4, 0.5) is 0 Å². The number of sulfonamides is 1. The molecule has 1 aromatic heterocycles. The van der Waals surface area contributed by atoms with Gasteiger partial charge in [-0.1, -0.05) is 0 Å². The van der Waals surface area contributed by atoms with Crippen LogP contribution in [0.5, 0.6) is 0 Å². The molecule has 0 unspecified atom stereocenters. The topological polar surface area (TPSA) is 104 Å². The van der Waals surface area contributed by atoms with Crippen LogP contribution < -0.4 is 5.32 Å². The fraction of sp³-hybridized carbons (Fsp3) is 0.636. The van der Waals surface area contributed by atoms with Gasteiger partial charge < -0.3 is 10.1 Å². The van der Waals surface area contributed by atoms with Gasteiger partial charge >= 0.3 is 0 Å². The third kappa shape index (κ3) is 3.35. The van der Waals surface area contributed by atoms with Gasteiger partial charge in [-0.05, 0) is 0 Å². The molecule has 0 aliphatic carbocycles. The van der Waals surface area contributed by atoms with E-state index in [9.17, 15) is 13.2 Å². The summed E-state index contributed by atoms with van der Waals surface area (Å²) in [4.78, 5) is 11.9. The minimum atomic E-state index is -3.32. The molecule has 0 aromatic carbocycles. The molecule has 1 fully saturated rings. The number of nitrogens with one attached hydrogen (secondary N) is 2. The summed E-state index contributed by atoms with van der Waals surface area (Å²) in [5, 5.41) is 9.04. The van der Waals surface area contributed by atoms with Crippen LogP contribution in [0, 0.1) is 5.92 Å². The number of nitrogens with zero attached hydrogens (tertiary/aromatic N) is 2. The fourth-order valence-corrected chi connectivity index (χ4v) is 3.14. The smallest absolute Gasteiger partial charge is 0.254 e. The van der Waals surface area contributed by atoms with E-state index in [2.05, 4.69) is 15.5 Å². The third-order valence-corrected chi connectivity index (χ3v) is 5.22. The highest BCUT2D eigenvalue weighted by molar-refractivity contribution is 7.89. The zero-order valence-corrected chi connectivity index (χ0v) is 12.2. The molecule has 2 N–H and O–H groups in total. The van der Waals surface area contributed by atoms with Crippen molar-refractivity contribution >= 4 is 15.9 Å². The highest BCUT2D eigenvalue weighted by atomic mass is 32.2. The molecule has 20 heavy (non-hydrogen) atoms. The Morgan fingerprint density at radius 1 is 1.55 bits per heavy atom. The largest absolute Gasteiger partial charge is 0.379 e. The maximum absolute atomic E-state index is 11.9. The first-order valence-corrected chi connectivity index (χ1v) is 7.78. The number of hydrogen-bond acceptors (Lipinski definition) is 5. The third-order valence-electron chi connectivity index (χ3n) is 3.26. The van der Waals surface area contributed by atoms with Crippen LogP contribution in [0.2, 0.25) is 0 Å². The summed E-state index contributed by atoms with van der Waals surface area (Å²) >= 11 is 0. The SMILES string of the molecule is CN(C)S(=O)(=O)C[C@@H]1COC[C@H]1NC(=O)c1cn[nH]c1. The van der Waals surface area contributed by atoms with E-state index in [4.69, 9.17) is 4.74 Å².